The molecule has 0 spiro atoms. The zero-order chi connectivity index (χ0) is 20.1. The van der Waals surface area contributed by atoms with Gasteiger partial charge in [-0.1, -0.05) is 53.0 Å². The number of carbonyl (C=O) groups is 2. The van der Waals surface area contributed by atoms with E-state index in [9.17, 15) is 9.59 Å². The largest absolute Gasteiger partial charge is 0.493 e. The lowest BCUT2D eigenvalue weighted by Crippen LogP contribution is -2.35. The summed E-state index contributed by atoms with van der Waals surface area (Å²) in [5.74, 6) is -0.202. The molecule has 1 heterocycles. The number of hydrogen-bond donors (Lipinski definition) is 1. The molecule has 2 aromatic rings. The summed E-state index contributed by atoms with van der Waals surface area (Å²) in [7, 11) is 0. The Hall–Kier alpha value is -2.15. The van der Waals surface area contributed by atoms with E-state index in [2.05, 4.69) is 5.32 Å². The first-order valence-electron chi connectivity index (χ1n) is 8.38. The van der Waals surface area contributed by atoms with Gasteiger partial charge in [0.05, 0.1) is 27.7 Å². The third kappa shape index (κ3) is 5.22. The summed E-state index contributed by atoms with van der Waals surface area (Å²) in [5.41, 5.74) is 0.894. The number of rotatable bonds is 6. The predicted octanol–water partition coefficient (Wildman–Crippen LogP) is 4.21. The molecule has 0 aliphatic carbocycles. The predicted molar refractivity (Wildman–Crippen MR) is 105 cm³/mol. The van der Waals surface area contributed by atoms with Gasteiger partial charge in [-0.2, -0.15) is 0 Å². The minimum absolute atomic E-state index is 0.191. The van der Waals surface area contributed by atoms with Crippen molar-refractivity contribution < 1.29 is 23.8 Å². The first-order valence-corrected chi connectivity index (χ1v) is 9.51. The molecule has 0 aromatic heterocycles. The highest BCUT2D eigenvalue weighted by Crippen LogP contribution is 2.34. The summed E-state index contributed by atoms with van der Waals surface area (Å²) < 4.78 is 15.8. The Kier molecular flexibility index (Phi) is 6.88. The molecule has 1 atom stereocenters. The second kappa shape index (κ2) is 9.37. The van der Waals surface area contributed by atoms with Crippen molar-refractivity contribution in [3.05, 3.63) is 57.0 Å². The Balaban J connectivity index is 1.46. The lowest BCUT2D eigenvalue weighted by molar-refractivity contribution is -0.150. The van der Waals surface area contributed by atoms with Crippen molar-refractivity contribution in [3.8, 4) is 11.5 Å². The Bertz CT molecular complexity index is 890. The van der Waals surface area contributed by atoms with Crippen LogP contribution in [-0.2, 0) is 14.3 Å². The highest BCUT2D eigenvalue weighted by Gasteiger charge is 2.23. The fourth-order valence-electron chi connectivity index (χ4n) is 2.67. The van der Waals surface area contributed by atoms with Gasteiger partial charge in [-0.3, -0.25) is 4.79 Å². The minimum atomic E-state index is -0.718. The van der Waals surface area contributed by atoms with Gasteiger partial charge in [0.1, 0.15) is 11.5 Å². The van der Waals surface area contributed by atoms with E-state index in [-0.39, 0.29) is 26.9 Å². The summed E-state index contributed by atoms with van der Waals surface area (Å²) in [4.78, 5) is 23.9. The number of benzene rings is 2. The van der Waals surface area contributed by atoms with Gasteiger partial charge in [-0.15, -0.1) is 0 Å². The first-order chi connectivity index (χ1) is 13.4. The number of nitrogens with one attached hydrogen (secondary N) is 1. The molecule has 1 aliphatic rings. The monoisotopic (exact) mass is 443 g/mol. The maximum Gasteiger partial charge on any atom is 0.344 e. The van der Waals surface area contributed by atoms with Crippen LogP contribution in [0.4, 0.5) is 0 Å². The van der Waals surface area contributed by atoms with Crippen molar-refractivity contribution in [3.63, 3.8) is 0 Å². The molecule has 9 heteroatoms. The van der Waals surface area contributed by atoms with Gasteiger partial charge in [0.2, 0.25) is 0 Å². The zero-order valence-electron chi connectivity index (χ0n) is 14.5. The molecule has 2 aromatic carbocycles. The van der Waals surface area contributed by atoms with Crippen LogP contribution < -0.4 is 14.8 Å². The van der Waals surface area contributed by atoms with Crippen molar-refractivity contribution in [1.29, 1.82) is 0 Å². The maximum absolute atomic E-state index is 12.1. The lowest BCUT2D eigenvalue weighted by Gasteiger charge is -2.26. The van der Waals surface area contributed by atoms with Crippen molar-refractivity contribution in [2.24, 2.45) is 0 Å². The maximum atomic E-state index is 12.1. The fraction of sp³-hybridized carbons (Fsp3) is 0.263. The molecule has 3 rings (SSSR count). The average Bonchev–Trinajstić information content (AvgIpc) is 2.68. The van der Waals surface area contributed by atoms with Gasteiger partial charge < -0.3 is 19.5 Å². The van der Waals surface area contributed by atoms with Crippen LogP contribution in [0.2, 0.25) is 15.1 Å². The molecular formula is C19H16Cl3NO5. The van der Waals surface area contributed by atoms with Gasteiger partial charge in [0.25, 0.3) is 5.91 Å². The number of halogens is 3. The van der Waals surface area contributed by atoms with Gasteiger partial charge in [-0.25, -0.2) is 4.79 Å². The van der Waals surface area contributed by atoms with E-state index in [0.29, 0.717) is 13.0 Å². The van der Waals surface area contributed by atoms with Crippen LogP contribution >= 0.6 is 34.8 Å². The normalized spacial score (nSPS) is 15.2. The topological polar surface area (TPSA) is 73.9 Å². The molecule has 0 radical (unpaired) electrons. The molecule has 1 unspecified atom stereocenters. The molecule has 0 saturated carbocycles. The standard InChI is InChI=1S/C19H16Cl3NO5/c20-12-7-14(22)17(8-13(12)21)27-10-19(25)28-9-18(24)23-15-5-6-26-16-4-2-1-3-11(15)16/h1-4,7-8,15H,5-6,9-10H2,(H,23,24). The average molecular weight is 445 g/mol. The third-order valence-corrected chi connectivity index (χ3v) is 5.00. The number of para-hydroxylation sites is 1. The van der Waals surface area contributed by atoms with Crippen LogP contribution in [0.15, 0.2) is 36.4 Å². The van der Waals surface area contributed by atoms with Crippen molar-refractivity contribution >= 4 is 46.7 Å². The molecule has 1 aliphatic heterocycles. The number of ether oxygens (including phenoxy) is 3. The molecule has 1 N–H and O–H groups in total. The molecule has 1 amide bonds. The fourth-order valence-corrected chi connectivity index (χ4v) is 3.26. The minimum Gasteiger partial charge on any atom is -0.493 e. The third-order valence-electron chi connectivity index (χ3n) is 3.98. The molecule has 0 bridgehead atoms. The Labute approximate surface area is 176 Å². The van der Waals surface area contributed by atoms with Crippen LogP contribution in [-0.4, -0.2) is 31.7 Å². The smallest absolute Gasteiger partial charge is 0.344 e. The second-order valence-electron chi connectivity index (χ2n) is 5.94. The molecule has 6 nitrogen and oxygen atoms in total. The number of amides is 1. The highest BCUT2D eigenvalue weighted by molar-refractivity contribution is 6.43. The van der Waals surface area contributed by atoms with Gasteiger partial charge >= 0.3 is 5.97 Å². The summed E-state index contributed by atoms with van der Waals surface area (Å²) in [6, 6.07) is 10.1. The molecule has 28 heavy (non-hydrogen) atoms. The Morgan fingerprint density at radius 1 is 1.07 bits per heavy atom. The summed E-state index contributed by atoms with van der Waals surface area (Å²) in [6.45, 7) is -0.345. The highest BCUT2D eigenvalue weighted by atomic mass is 35.5. The second-order valence-corrected chi connectivity index (χ2v) is 7.16. The number of hydrogen-bond acceptors (Lipinski definition) is 5. The van der Waals surface area contributed by atoms with Crippen LogP contribution in [0.25, 0.3) is 0 Å². The SMILES string of the molecule is O=C(COC(=O)COc1cc(Cl)c(Cl)cc1Cl)NC1CCOc2ccccc21. The van der Waals surface area contributed by atoms with Crippen molar-refractivity contribution in [2.45, 2.75) is 12.5 Å². The van der Waals surface area contributed by atoms with E-state index < -0.39 is 25.1 Å². The van der Waals surface area contributed by atoms with Gasteiger partial charge in [0.15, 0.2) is 13.2 Å². The number of fused-ring (bicyclic) bond motifs is 1. The van der Waals surface area contributed by atoms with E-state index in [4.69, 9.17) is 49.0 Å². The lowest BCUT2D eigenvalue weighted by atomic mass is 10.0. The van der Waals surface area contributed by atoms with Crippen LogP contribution in [0.3, 0.4) is 0 Å². The van der Waals surface area contributed by atoms with E-state index in [1.54, 1.807) is 0 Å². The molecule has 148 valence electrons. The van der Waals surface area contributed by atoms with Crippen LogP contribution in [0.1, 0.15) is 18.0 Å². The van der Waals surface area contributed by atoms with Crippen molar-refractivity contribution in [1.82, 2.24) is 5.32 Å². The number of esters is 1. The van der Waals surface area contributed by atoms with E-state index >= 15 is 0 Å². The summed E-state index contributed by atoms with van der Waals surface area (Å²) in [5, 5.41) is 3.56. The number of carbonyl (C=O) groups excluding carboxylic acids is 2. The molecule has 0 saturated heterocycles. The van der Waals surface area contributed by atoms with Gasteiger partial charge in [-0.05, 0) is 12.1 Å². The first kappa shape index (κ1) is 20.6. The molecular weight excluding hydrogens is 429 g/mol. The van der Waals surface area contributed by atoms with Crippen molar-refractivity contribution in [2.75, 3.05) is 19.8 Å². The molecule has 0 fully saturated rings. The van der Waals surface area contributed by atoms with Crippen LogP contribution in [0.5, 0.6) is 11.5 Å². The van der Waals surface area contributed by atoms with Crippen LogP contribution in [0, 0.1) is 0 Å². The van der Waals surface area contributed by atoms with E-state index in [1.807, 2.05) is 24.3 Å². The Morgan fingerprint density at radius 2 is 1.82 bits per heavy atom. The van der Waals surface area contributed by atoms with Gasteiger partial charge in [0, 0.05) is 18.1 Å². The van der Waals surface area contributed by atoms with E-state index in [0.717, 1.165) is 11.3 Å². The summed E-state index contributed by atoms with van der Waals surface area (Å²) >= 11 is 17.7. The van der Waals surface area contributed by atoms with E-state index in [1.165, 1.54) is 12.1 Å². The Morgan fingerprint density at radius 3 is 2.64 bits per heavy atom. The zero-order valence-corrected chi connectivity index (χ0v) is 16.8. The quantitative estimate of drug-likeness (QED) is 0.534. The summed E-state index contributed by atoms with van der Waals surface area (Å²) in [6.07, 6.45) is 0.635.